The number of hydrogen-bond acceptors (Lipinski definition) is 8. The normalized spacial score (nSPS) is 18.3. The van der Waals surface area contributed by atoms with Gasteiger partial charge in [0.15, 0.2) is 6.10 Å². The lowest BCUT2D eigenvalue weighted by Crippen LogP contribution is -2.70. The molecule has 5 rings (SSSR count). The first-order valence-corrected chi connectivity index (χ1v) is 14.1. The van der Waals surface area contributed by atoms with Gasteiger partial charge >= 0.3 is 12.1 Å². The quantitative estimate of drug-likeness (QED) is 0.302. The second-order valence-electron chi connectivity index (χ2n) is 8.88. The monoisotopic (exact) mass is 563 g/mol. The zero-order chi connectivity index (χ0) is 27.4. The lowest BCUT2D eigenvalue weighted by molar-refractivity contribution is -0.154. The number of β-lactam (4-membered cyclic amide) rings is 1. The third-order valence-electron chi connectivity index (χ3n) is 6.29. The lowest BCUT2D eigenvalue weighted by Gasteiger charge is -2.49. The summed E-state index contributed by atoms with van der Waals surface area (Å²) < 4.78 is 11.0. The molecule has 3 aromatic rings. The average molecular weight is 564 g/mol. The molecule has 1 aromatic heterocycles. The van der Waals surface area contributed by atoms with Crippen molar-refractivity contribution in [1.82, 2.24) is 10.2 Å². The van der Waals surface area contributed by atoms with Crippen LogP contribution in [0.5, 0.6) is 0 Å². The fourth-order valence-corrected chi connectivity index (χ4v) is 6.51. The second-order valence-corrected chi connectivity index (χ2v) is 11.0. The minimum absolute atomic E-state index is 0.00520. The number of esters is 1. The van der Waals surface area contributed by atoms with Crippen molar-refractivity contribution in [2.24, 2.45) is 5.73 Å². The SMILES string of the molecule is NC(=O)OCC1=C(C(=O)OC(c2ccccc2)c2ccccc2)N2C(=O)C(NC(=O)Cc3cccs3)[C@H]2SC1. The molecule has 2 aliphatic heterocycles. The van der Waals surface area contributed by atoms with E-state index in [1.807, 2.05) is 78.2 Å². The summed E-state index contributed by atoms with van der Waals surface area (Å²) in [5.41, 5.74) is 7.08. The van der Waals surface area contributed by atoms with E-state index in [4.69, 9.17) is 15.2 Å². The summed E-state index contributed by atoms with van der Waals surface area (Å²) in [5, 5.41) is 4.17. The molecule has 11 heteroatoms. The number of thioether (sulfide) groups is 1. The van der Waals surface area contributed by atoms with Crippen molar-refractivity contribution >= 4 is 47.0 Å². The zero-order valence-corrected chi connectivity index (χ0v) is 22.3. The Hall–Kier alpha value is -4.09. The Morgan fingerprint density at radius 3 is 2.26 bits per heavy atom. The summed E-state index contributed by atoms with van der Waals surface area (Å²) in [6.45, 7) is -0.264. The number of nitrogens with two attached hydrogens (primary N) is 1. The highest BCUT2D eigenvalue weighted by Crippen LogP contribution is 2.41. The van der Waals surface area contributed by atoms with E-state index < -0.39 is 35.5 Å². The number of benzene rings is 2. The molecule has 200 valence electrons. The third-order valence-corrected chi connectivity index (χ3v) is 8.51. The summed E-state index contributed by atoms with van der Waals surface area (Å²) in [5.74, 6) is -1.17. The molecule has 39 heavy (non-hydrogen) atoms. The fourth-order valence-electron chi connectivity index (χ4n) is 4.48. The van der Waals surface area contributed by atoms with Crippen molar-refractivity contribution in [1.29, 1.82) is 0 Å². The largest absolute Gasteiger partial charge is 0.448 e. The van der Waals surface area contributed by atoms with Gasteiger partial charge in [-0.15, -0.1) is 23.1 Å². The Morgan fingerprint density at radius 2 is 1.67 bits per heavy atom. The van der Waals surface area contributed by atoms with Crippen LogP contribution in [0.25, 0.3) is 0 Å². The van der Waals surface area contributed by atoms with E-state index in [0.29, 0.717) is 5.57 Å². The van der Waals surface area contributed by atoms with Crippen molar-refractivity contribution in [3.63, 3.8) is 0 Å². The van der Waals surface area contributed by atoms with E-state index in [1.54, 1.807) is 0 Å². The van der Waals surface area contributed by atoms with Crippen molar-refractivity contribution < 1.29 is 28.7 Å². The Balaban J connectivity index is 1.40. The third kappa shape index (κ3) is 5.84. The molecule has 2 aromatic carbocycles. The topological polar surface area (TPSA) is 128 Å². The predicted molar refractivity (Wildman–Crippen MR) is 146 cm³/mol. The Morgan fingerprint density at radius 1 is 1.00 bits per heavy atom. The van der Waals surface area contributed by atoms with Gasteiger partial charge in [0.2, 0.25) is 5.91 Å². The minimum Gasteiger partial charge on any atom is -0.448 e. The van der Waals surface area contributed by atoms with E-state index >= 15 is 0 Å². The van der Waals surface area contributed by atoms with Crippen LogP contribution in [0.3, 0.4) is 0 Å². The molecule has 0 radical (unpaired) electrons. The molecule has 0 bridgehead atoms. The Bertz CT molecular complexity index is 1360. The molecular formula is C28H25N3O6S2. The lowest BCUT2D eigenvalue weighted by atomic mass is 10.0. The Labute approximate surface area is 233 Å². The number of amides is 3. The van der Waals surface area contributed by atoms with Crippen molar-refractivity contribution in [2.45, 2.75) is 23.9 Å². The molecule has 2 atom stereocenters. The van der Waals surface area contributed by atoms with Gasteiger partial charge in [0, 0.05) is 16.2 Å². The van der Waals surface area contributed by atoms with Gasteiger partial charge in [0.1, 0.15) is 23.7 Å². The number of carbonyl (C=O) groups is 4. The van der Waals surface area contributed by atoms with Gasteiger partial charge in [-0.1, -0.05) is 66.7 Å². The average Bonchev–Trinajstić information content (AvgIpc) is 3.46. The van der Waals surface area contributed by atoms with Gasteiger partial charge in [0.25, 0.3) is 5.91 Å². The standard InChI is InChI=1S/C28H25N3O6S2/c29-28(35)36-15-19-16-39-26-22(30-21(32)14-20-12-7-13-38-20)25(33)31(26)23(19)27(34)37-24(17-8-3-1-4-9-17)18-10-5-2-6-11-18/h1-13,22,24,26H,14-16H2,(H2,29,35)(H,30,32)/t22?,26-/m1/s1. The molecule has 3 heterocycles. The summed E-state index contributed by atoms with van der Waals surface area (Å²) in [6.07, 6.45) is -1.57. The van der Waals surface area contributed by atoms with Gasteiger partial charge in [-0.2, -0.15) is 0 Å². The van der Waals surface area contributed by atoms with Crippen LogP contribution in [0.4, 0.5) is 4.79 Å². The van der Waals surface area contributed by atoms with Gasteiger partial charge in [0.05, 0.1) is 6.42 Å². The summed E-state index contributed by atoms with van der Waals surface area (Å²) in [4.78, 5) is 53.1. The van der Waals surface area contributed by atoms with E-state index in [-0.39, 0.29) is 30.4 Å². The fraction of sp³-hybridized carbons (Fsp3) is 0.214. The van der Waals surface area contributed by atoms with Crippen LogP contribution in [-0.4, -0.2) is 52.6 Å². The Kier molecular flexibility index (Phi) is 7.99. The number of primary amides is 1. The summed E-state index contributed by atoms with van der Waals surface area (Å²) in [6, 6.07) is 21.4. The van der Waals surface area contributed by atoms with E-state index in [2.05, 4.69) is 5.32 Å². The molecule has 3 amide bonds. The van der Waals surface area contributed by atoms with Crippen LogP contribution >= 0.6 is 23.1 Å². The molecule has 9 nitrogen and oxygen atoms in total. The molecular weight excluding hydrogens is 538 g/mol. The van der Waals surface area contributed by atoms with Crippen LogP contribution in [0, 0.1) is 0 Å². The number of rotatable bonds is 9. The van der Waals surface area contributed by atoms with Crippen LogP contribution in [-0.2, 0) is 30.3 Å². The molecule has 3 N–H and O–H groups in total. The smallest absolute Gasteiger partial charge is 0.404 e. The second kappa shape index (κ2) is 11.7. The molecule has 1 fully saturated rings. The van der Waals surface area contributed by atoms with Gasteiger partial charge in [-0.3, -0.25) is 14.5 Å². The number of carbonyl (C=O) groups excluding carboxylic acids is 4. The van der Waals surface area contributed by atoms with E-state index in [0.717, 1.165) is 16.0 Å². The maximum atomic E-state index is 13.7. The molecule has 0 saturated carbocycles. The summed E-state index contributed by atoms with van der Waals surface area (Å²) in [7, 11) is 0. The first kappa shape index (κ1) is 26.5. The van der Waals surface area contributed by atoms with Gasteiger partial charge < -0.3 is 20.5 Å². The molecule has 1 saturated heterocycles. The maximum Gasteiger partial charge on any atom is 0.404 e. The van der Waals surface area contributed by atoms with Gasteiger partial charge in [-0.25, -0.2) is 9.59 Å². The minimum atomic E-state index is -0.998. The van der Waals surface area contributed by atoms with E-state index in [1.165, 1.54) is 28.0 Å². The van der Waals surface area contributed by atoms with Gasteiger partial charge in [-0.05, 0) is 22.6 Å². The molecule has 0 spiro atoms. The first-order chi connectivity index (χ1) is 18.9. The number of fused-ring (bicyclic) bond motifs is 1. The van der Waals surface area contributed by atoms with Crippen molar-refractivity contribution in [3.8, 4) is 0 Å². The highest BCUT2D eigenvalue weighted by molar-refractivity contribution is 8.00. The highest BCUT2D eigenvalue weighted by atomic mass is 32.2. The highest BCUT2D eigenvalue weighted by Gasteiger charge is 2.54. The van der Waals surface area contributed by atoms with E-state index in [9.17, 15) is 19.2 Å². The maximum absolute atomic E-state index is 13.7. The molecule has 2 aliphatic rings. The first-order valence-electron chi connectivity index (χ1n) is 12.1. The van der Waals surface area contributed by atoms with Crippen molar-refractivity contribution in [2.75, 3.05) is 12.4 Å². The summed E-state index contributed by atoms with van der Waals surface area (Å²) >= 11 is 2.82. The van der Waals surface area contributed by atoms with Crippen LogP contribution < -0.4 is 11.1 Å². The number of thiophene rings is 1. The number of hydrogen-bond donors (Lipinski definition) is 2. The predicted octanol–water partition coefficient (Wildman–Crippen LogP) is 3.37. The van der Waals surface area contributed by atoms with Crippen molar-refractivity contribution in [3.05, 3.63) is 105 Å². The number of nitrogens with zero attached hydrogens (tertiary/aromatic N) is 1. The number of nitrogens with one attached hydrogen (secondary N) is 1. The number of ether oxygens (including phenoxy) is 2. The zero-order valence-electron chi connectivity index (χ0n) is 20.6. The van der Waals surface area contributed by atoms with Crippen LogP contribution in [0.2, 0.25) is 0 Å². The molecule has 0 aliphatic carbocycles. The molecule has 1 unspecified atom stereocenters. The van der Waals surface area contributed by atoms with Crippen LogP contribution in [0.15, 0.2) is 89.4 Å². The van der Waals surface area contributed by atoms with Crippen LogP contribution in [0.1, 0.15) is 22.1 Å².